The van der Waals surface area contributed by atoms with Gasteiger partial charge in [0.15, 0.2) is 0 Å². The topological polar surface area (TPSA) is 92.0 Å². The van der Waals surface area contributed by atoms with Crippen LogP contribution >= 0.6 is 24.8 Å². The number of anilines is 1. The molecule has 10 heteroatoms. The van der Waals surface area contributed by atoms with E-state index in [9.17, 15) is 15.2 Å². The zero-order chi connectivity index (χ0) is 18.4. The van der Waals surface area contributed by atoms with Crippen molar-refractivity contribution >= 4 is 36.3 Å². The second-order valence-corrected chi connectivity index (χ2v) is 6.19. The molecule has 154 valence electrons. The minimum absolute atomic E-state index is 0. The van der Waals surface area contributed by atoms with Crippen molar-refractivity contribution in [2.75, 3.05) is 44.2 Å². The first-order valence-electron chi connectivity index (χ1n) is 8.55. The molecule has 0 aliphatic carbocycles. The summed E-state index contributed by atoms with van der Waals surface area (Å²) in [6, 6.07) is 11.7. The molecule has 1 unspecified atom stereocenters. The Hall–Kier alpha value is -2.13. The smallest absolute Gasteiger partial charge is 0.269 e. The molecule has 0 amide bonds. The first-order valence-corrected chi connectivity index (χ1v) is 8.55. The van der Waals surface area contributed by atoms with Gasteiger partial charge in [-0.25, -0.2) is 4.98 Å². The van der Waals surface area contributed by atoms with Gasteiger partial charge in [-0.1, -0.05) is 6.07 Å². The first kappa shape index (κ1) is 23.9. The van der Waals surface area contributed by atoms with E-state index in [1.807, 2.05) is 18.2 Å². The second-order valence-electron chi connectivity index (χ2n) is 6.19. The average Bonchev–Trinajstić information content (AvgIpc) is 2.68. The maximum atomic E-state index is 10.6. The molecule has 1 aromatic heterocycles. The Kier molecular flexibility index (Phi) is 9.95. The number of ether oxygens (including phenoxy) is 1. The maximum Gasteiger partial charge on any atom is 0.269 e. The number of aromatic nitrogens is 1. The van der Waals surface area contributed by atoms with Gasteiger partial charge >= 0.3 is 0 Å². The lowest BCUT2D eigenvalue weighted by molar-refractivity contribution is -0.384. The summed E-state index contributed by atoms with van der Waals surface area (Å²) in [5.41, 5.74) is 0.0173. The number of piperazine rings is 1. The zero-order valence-corrected chi connectivity index (χ0v) is 16.8. The standard InChI is InChI=1S/C18H22N4O4.2ClH/c23-16(14-26-17-6-4-15(5-7-17)22(24)25)13-20-9-11-21(12-10-20)18-3-1-2-8-19-18;;/h1-8,16,23H,9-14H2;2*1H. The quantitative estimate of drug-likeness (QED) is 0.532. The van der Waals surface area contributed by atoms with Crippen LogP contribution in [-0.2, 0) is 0 Å². The third-order valence-corrected chi connectivity index (χ3v) is 4.30. The molecule has 2 aromatic rings. The van der Waals surface area contributed by atoms with Gasteiger partial charge in [0.25, 0.3) is 5.69 Å². The Morgan fingerprint density at radius 2 is 1.79 bits per heavy atom. The van der Waals surface area contributed by atoms with Crippen LogP contribution in [0.1, 0.15) is 0 Å². The van der Waals surface area contributed by atoms with Crippen molar-refractivity contribution in [2.24, 2.45) is 0 Å². The van der Waals surface area contributed by atoms with Crippen molar-refractivity contribution < 1.29 is 14.8 Å². The van der Waals surface area contributed by atoms with Gasteiger partial charge in [-0.15, -0.1) is 24.8 Å². The number of nitro benzene ring substituents is 1. The monoisotopic (exact) mass is 430 g/mol. The summed E-state index contributed by atoms with van der Waals surface area (Å²) >= 11 is 0. The van der Waals surface area contributed by atoms with Crippen LogP contribution in [0.15, 0.2) is 48.7 Å². The lowest BCUT2D eigenvalue weighted by Crippen LogP contribution is -2.49. The van der Waals surface area contributed by atoms with Crippen LogP contribution in [0.4, 0.5) is 11.5 Å². The summed E-state index contributed by atoms with van der Waals surface area (Å²) in [7, 11) is 0. The van der Waals surface area contributed by atoms with Gasteiger partial charge in [0.05, 0.1) is 4.92 Å². The van der Waals surface area contributed by atoms with Gasteiger partial charge in [0, 0.05) is 51.1 Å². The molecule has 28 heavy (non-hydrogen) atoms. The number of aliphatic hydroxyl groups excluding tert-OH is 1. The zero-order valence-electron chi connectivity index (χ0n) is 15.2. The third-order valence-electron chi connectivity index (χ3n) is 4.30. The summed E-state index contributed by atoms with van der Waals surface area (Å²) < 4.78 is 5.51. The van der Waals surface area contributed by atoms with Crippen molar-refractivity contribution in [3.8, 4) is 5.75 Å². The van der Waals surface area contributed by atoms with Gasteiger partial charge in [-0.3, -0.25) is 15.0 Å². The van der Waals surface area contributed by atoms with Crippen molar-refractivity contribution in [3.05, 3.63) is 58.8 Å². The molecule has 1 aromatic carbocycles. The van der Waals surface area contributed by atoms with Crippen LogP contribution in [0, 0.1) is 10.1 Å². The normalized spacial score (nSPS) is 15.1. The lowest BCUT2D eigenvalue weighted by atomic mass is 10.2. The molecule has 1 aliphatic heterocycles. The van der Waals surface area contributed by atoms with Crippen molar-refractivity contribution in [1.29, 1.82) is 0 Å². The highest BCUT2D eigenvalue weighted by atomic mass is 35.5. The largest absolute Gasteiger partial charge is 0.491 e. The molecule has 8 nitrogen and oxygen atoms in total. The summed E-state index contributed by atoms with van der Waals surface area (Å²) in [5.74, 6) is 1.49. The van der Waals surface area contributed by atoms with E-state index in [1.165, 1.54) is 24.3 Å². The molecule has 3 rings (SSSR count). The van der Waals surface area contributed by atoms with E-state index in [2.05, 4.69) is 14.8 Å². The lowest BCUT2D eigenvalue weighted by Gasteiger charge is -2.36. The Morgan fingerprint density at radius 1 is 1.11 bits per heavy atom. The number of non-ortho nitro benzene ring substituents is 1. The van der Waals surface area contributed by atoms with E-state index in [-0.39, 0.29) is 37.1 Å². The Bertz CT molecular complexity index is 713. The fourth-order valence-electron chi connectivity index (χ4n) is 2.91. The molecule has 1 atom stereocenters. The number of nitro groups is 1. The van der Waals surface area contributed by atoms with Gasteiger partial charge in [-0.2, -0.15) is 0 Å². The molecule has 0 radical (unpaired) electrons. The molecular weight excluding hydrogens is 407 g/mol. The predicted octanol–water partition coefficient (Wildman–Crippen LogP) is 2.40. The van der Waals surface area contributed by atoms with Gasteiger partial charge < -0.3 is 14.7 Å². The Labute approximate surface area is 176 Å². The van der Waals surface area contributed by atoms with Crippen molar-refractivity contribution in [1.82, 2.24) is 9.88 Å². The highest BCUT2D eigenvalue weighted by Crippen LogP contribution is 2.17. The number of rotatable bonds is 7. The van der Waals surface area contributed by atoms with E-state index < -0.39 is 11.0 Å². The Balaban J connectivity index is 0.00000196. The Morgan fingerprint density at radius 3 is 2.36 bits per heavy atom. The molecule has 0 saturated carbocycles. The molecule has 1 fully saturated rings. The first-order chi connectivity index (χ1) is 12.6. The molecular formula is C18H24Cl2N4O4. The van der Waals surface area contributed by atoms with E-state index in [1.54, 1.807) is 6.20 Å². The minimum Gasteiger partial charge on any atom is -0.491 e. The van der Waals surface area contributed by atoms with E-state index in [0.717, 1.165) is 32.0 Å². The maximum absolute atomic E-state index is 10.6. The van der Waals surface area contributed by atoms with Crippen LogP contribution in [0.25, 0.3) is 0 Å². The van der Waals surface area contributed by atoms with Crippen LogP contribution in [-0.4, -0.2) is 65.3 Å². The van der Waals surface area contributed by atoms with E-state index in [4.69, 9.17) is 4.74 Å². The number of aliphatic hydroxyl groups is 1. The number of β-amino-alcohol motifs (C(OH)–C–C–N with tert-alkyl or cyclic N) is 1. The number of benzene rings is 1. The number of halogens is 2. The van der Waals surface area contributed by atoms with Gasteiger partial charge in [0.2, 0.25) is 0 Å². The van der Waals surface area contributed by atoms with Gasteiger partial charge in [0.1, 0.15) is 24.3 Å². The van der Waals surface area contributed by atoms with Crippen molar-refractivity contribution in [2.45, 2.75) is 6.10 Å². The molecule has 1 saturated heterocycles. The summed E-state index contributed by atoms with van der Waals surface area (Å²) in [6.45, 7) is 4.12. The summed E-state index contributed by atoms with van der Waals surface area (Å²) in [4.78, 5) is 19.0. The highest BCUT2D eigenvalue weighted by molar-refractivity contribution is 5.85. The number of hydrogen-bond acceptors (Lipinski definition) is 7. The fourth-order valence-corrected chi connectivity index (χ4v) is 2.91. The third kappa shape index (κ3) is 6.79. The SMILES string of the molecule is Cl.Cl.O=[N+]([O-])c1ccc(OCC(O)CN2CCN(c3ccccn3)CC2)cc1. The van der Waals surface area contributed by atoms with Gasteiger partial charge in [-0.05, 0) is 24.3 Å². The minimum atomic E-state index is -0.619. The predicted molar refractivity (Wildman–Crippen MR) is 112 cm³/mol. The number of pyridine rings is 1. The second kappa shape index (κ2) is 11.7. The molecule has 1 N–H and O–H groups in total. The highest BCUT2D eigenvalue weighted by Gasteiger charge is 2.20. The van der Waals surface area contributed by atoms with E-state index in [0.29, 0.717) is 12.3 Å². The number of nitrogens with zero attached hydrogens (tertiary/aromatic N) is 4. The van der Waals surface area contributed by atoms with Crippen LogP contribution in [0.2, 0.25) is 0 Å². The molecule has 0 bridgehead atoms. The average molecular weight is 431 g/mol. The van der Waals surface area contributed by atoms with Crippen LogP contribution < -0.4 is 9.64 Å². The number of hydrogen-bond donors (Lipinski definition) is 1. The molecule has 0 spiro atoms. The van der Waals surface area contributed by atoms with Crippen LogP contribution in [0.5, 0.6) is 5.75 Å². The van der Waals surface area contributed by atoms with Crippen LogP contribution in [0.3, 0.4) is 0 Å². The fraction of sp³-hybridized carbons (Fsp3) is 0.389. The van der Waals surface area contributed by atoms with Crippen molar-refractivity contribution in [3.63, 3.8) is 0 Å². The summed E-state index contributed by atoms with van der Waals surface area (Å²) in [6.07, 6.45) is 1.17. The summed E-state index contributed by atoms with van der Waals surface area (Å²) in [5, 5.41) is 20.8. The molecule has 1 aliphatic rings. The molecule has 2 heterocycles. The van der Waals surface area contributed by atoms with E-state index >= 15 is 0 Å².